The van der Waals surface area contributed by atoms with Gasteiger partial charge in [-0.3, -0.25) is 0 Å². The molecule has 0 spiro atoms. The molecule has 1 aromatic heterocycles. The van der Waals surface area contributed by atoms with Crippen molar-refractivity contribution < 1.29 is 9.53 Å². The molecule has 0 radical (unpaired) electrons. The number of carbonyl (C=O) groups excluding carboxylic acids is 1. The highest BCUT2D eigenvalue weighted by atomic mass is 35.5. The molecule has 0 N–H and O–H groups in total. The van der Waals surface area contributed by atoms with Gasteiger partial charge in [0.25, 0.3) is 0 Å². The van der Waals surface area contributed by atoms with Crippen LogP contribution in [-0.2, 0) is 4.74 Å². The Morgan fingerprint density at radius 1 is 1.10 bits per heavy atom. The first-order valence-electron chi connectivity index (χ1n) is 6.43. The van der Waals surface area contributed by atoms with Crippen molar-refractivity contribution in [3.63, 3.8) is 0 Å². The zero-order chi connectivity index (χ0) is 14.8. The summed E-state index contributed by atoms with van der Waals surface area (Å²) < 4.78 is 4.77. The van der Waals surface area contributed by atoms with Gasteiger partial charge in [0, 0.05) is 16.0 Å². The maximum atomic E-state index is 11.8. The molecule has 2 aromatic carbocycles. The Bertz CT molecular complexity index is 830. The topological polar surface area (TPSA) is 39.2 Å². The molecule has 3 aromatic rings. The third-order valence-corrected chi connectivity index (χ3v) is 3.47. The number of esters is 1. The molecule has 104 valence electrons. The number of methoxy groups -OCH3 is 1. The van der Waals surface area contributed by atoms with E-state index in [9.17, 15) is 4.79 Å². The second kappa shape index (κ2) is 5.54. The summed E-state index contributed by atoms with van der Waals surface area (Å²) >= 11 is 6.06. The molecule has 0 fully saturated rings. The van der Waals surface area contributed by atoms with Crippen molar-refractivity contribution in [2.75, 3.05) is 7.11 Å². The van der Waals surface area contributed by atoms with E-state index in [1.54, 1.807) is 12.1 Å². The molecule has 0 saturated heterocycles. The Labute approximate surface area is 127 Å². The number of pyridine rings is 1. The van der Waals surface area contributed by atoms with E-state index >= 15 is 0 Å². The number of aromatic nitrogens is 1. The first kappa shape index (κ1) is 13.6. The van der Waals surface area contributed by atoms with Gasteiger partial charge in [0.15, 0.2) is 0 Å². The second-order valence-corrected chi connectivity index (χ2v) is 5.02. The van der Waals surface area contributed by atoms with Gasteiger partial charge in [-0.2, -0.15) is 0 Å². The van der Waals surface area contributed by atoms with Gasteiger partial charge >= 0.3 is 5.97 Å². The van der Waals surface area contributed by atoms with Crippen LogP contribution in [0.1, 0.15) is 10.5 Å². The number of hydrogen-bond donors (Lipinski definition) is 0. The van der Waals surface area contributed by atoms with Crippen LogP contribution in [0, 0.1) is 0 Å². The summed E-state index contributed by atoms with van der Waals surface area (Å²) in [5.41, 5.74) is 1.87. The second-order valence-electron chi connectivity index (χ2n) is 4.58. The fourth-order valence-corrected chi connectivity index (χ4v) is 2.45. The van der Waals surface area contributed by atoms with E-state index in [4.69, 9.17) is 16.3 Å². The first-order chi connectivity index (χ1) is 10.2. The Hall–Kier alpha value is -2.39. The number of rotatable bonds is 2. The van der Waals surface area contributed by atoms with Gasteiger partial charge in [0.1, 0.15) is 5.69 Å². The van der Waals surface area contributed by atoms with Crippen LogP contribution >= 0.6 is 11.6 Å². The van der Waals surface area contributed by atoms with Crippen LogP contribution in [-0.4, -0.2) is 18.1 Å². The summed E-state index contributed by atoms with van der Waals surface area (Å²) in [5.74, 6) is -0.455. The summed E-state index contributed by atoms with van der Waals surface area (Å²) in [4.78, 5) is 16.2. The number of hydrogen-bond acceptors (Lipinski definition) is 3. The summed E-state index contributed by atoms with van der Waals surface area (Å²) in [5, 5.41) is 2.53. The van der Waals surface area contributed by atoms with Gasteiger partial charge in [0.2, 0.25) is 0 Å². The standard InChI is InChI=1S/C17H12ClNO2/c1-21-17(20)15-10-11-5-2-3-8-14(11)16(19-15)12-6-4-7-13(18)9-12/h2-10H,1H3. The lowest BCUT2D eigenvalue weighted by Gasteiger charge is -2.09. The predicted molar refractivity (Wildman–Crippen MR) is 83.5 cm³/mol. The fraction of sp³-hybridized carbons (Fsp3) is 0.0588. The van der Waals surface area contributed by atoms with E-state index in [-0.39, 0.29) is 5.69 Å². The van der Waals surface area contributed by atoms with Crippen LogP contribution in [0.25, 0.3) is 22.0 Å². The minimum Gasteiger partial charge on any atom is -0.464 e. The molecule has 4 heteroatoms. The highest BCUT2D eigenvalue weighted by Gasteiger charge is 2.13. The number of benzene rings is 2. The minimum atomic E-state index is -0.455. The fourth-order valence-electron chi connectivity index (χ4n) is 2.26. The lowest BCUT2D eigenvalue weighted by molar-refractivity contribution is 0.0594. The number of fused-ring (bicyclic) bond motifs is 1. The van der Waals surface area contributed by atoms with Gasteiger partial charge in [0.05, 0.1) is 12.8 Å². The molecule has 0 saturated carbocycles. The normalized spacial score (nSPS) is 10.6. The zero-order valence-electron chi connectivity index (χ0n) is 11.3. The largest absolute Gasteiger partial charge is 0.464 e. The van der Waals surface area contributed by atoms with Crippen LogP contribution in [0.5, 0.6) is 0 Å². The molecule has 0 aliphatic carbocycles. The van der Waals surface area contributed by atoms with Gasteiger partial charge < -0.3 is 4.74 Å². The Balaban J connectivity index is 2.31. The van der Waals surface area contributed by atoms with Crippen LogP contribution in [0.15, 0.2) is 54.6 Å². The summed E-state index contributed by atoms with van der Waals surface area (Å²) in [6.07, 6.45) is 0. The zero-order valence-corrected chi connectivity index (χ0v) is 12.1. The SMILES string of the molecule is COC(=O)c1cc2ccccc2c(-c2cccc(Cl)c2)n1. The number of halogens is 1. The summed E-state index contributed by atoms with van der Waals surface area (Å²) in [7, 11) is 1.35. The van der Waals surface area contributed by atoms with Crippen LogP contribution in [0.2, 0.25) is 5.02 Å². The van der Waals surface area contributed by atoms with E-state index in [1.807, 2.05) is 42.5 Å². The molecule has 0 unspecified atom stereocenters. The van der Waals surface area contributed by atoms with Gasteiger partial charge in [-0.1, -0.05) is 48.0 Å². The van der Waals surface area contributed by atoms with Crippen molar-refractivity contribution in [3.8, 4) is 11.3 Å². The van der Waals surface area contributed by atoms with Crippen LogP contribution in [0.3, 0.4) is 0 Å². The lowest BCUT2D eigenvalue weighted by atomic mass is 10.0. The Morgan fingerprint density at radius 2 is 1.90 bits per heavy atom. The van der Waals surface area contributed by atoms with E-state index < -0.39 is 5.97 Å². The average Bonchev–Trinajstić information content (AvgIpc) is 2.53. The van der Waals surface area contributed by atoms with Gasteiger partial charge in [-0.15, -0.1) is 0 Å². The molecule has 0 amide bonds. The number of ether oxygens (including phenoxy) is 1. The van der Waals surface area contributed by atoms with Gasteiger partial charge in [-0.25, -0.2) is 9.78 Å². The van der Waals surface area contributed by atoms with Gasteiger partial charge in [-0.05, 0) is 23.6 Å². The molecule has 0 atom stereocenters. The quantitative estimate of drug-likeness (QED) is 0.660. The van der Waals surface area contributed by atoms with Crippen molar-refractivity contribution in [1.82, 2.24) is 4.98 Å². The molecule has 3 nitrogen and oxygen atoms in total. The average molecular weight is 298 g/mol. The van der Waals surface area contributed by atoms with Crippen molar-refractivity contribution in [2.45, 2.75) is 0 Å². The molecule has 1 heterocycles. The van der Waals surface area contributed by atoms with E-state index in [0.29, 0.717) is 5.02 Å². The molecule has 0 aliphatic heterocycles. The molecule has 0 bridgehead atoms. The van der Waals surface area contributed by atoms with E-state index in [2.05, 4.69) is 4.98 Å². The van der Waals surface area contributed by atoms with E-state index in [1.165, 1.54) is 7.11 Å². The smallest absolute Gasteiger partial charge is 0.356 e. The Morgan fingerprint density at radius 3 is 2.67 bits per heavy atom. The molecule has 0 aliphatic rings. The lowest BCUT2D eigenvalue weighted by Crippen LogP contribution is -2.05. The molecule has 3 rings (SSSR count). The predicted octanol–water partition coefficient (Wildman–Crippen LogP) is 4.34. The number of nitrogens with zero attached hydrogens (tertiary/aromatic N) is 1. The minimum absolute atomic E-state index is 0.283. The van der Waals surface area contributed by atoms with Crippen molar-refractivity contribution in [1.29, 1.82) is 0 Å². The molecular formula is C17H12ClNO2. The third kappa shape index (κ3) is 2.60. The van der Waals surface area contributed by atoms with Crippen molar-refractivity contribution in [2.24, 2.45) is 0 Å². The summed E-state index contributed by atoms with van der Waals surface area (Å²) in [6, 6.07) is 16.9. The Kier molecular flexibility index (Phi) is 3.59. The summed E-state index contributed by atoms with van der Waals surface area (Å²) in [6.45, 7) is 0. The molecule has 21 heavy (non-hydrogen) atoms. The van der Waals surface area contributed by atoms with Crippen molar-refractivity contribution in [3.05, 3.63) is 65.3 Å². The van der Waals surface area contributed by atoms with E-state index in [0.717, 1.165) is 22.0 Å². The maximum absolute atomic E-state index is 11.8. The highest BCUT2D eigenvalue weighted by Crippen LogP contribution is 2.29. The highest BCUT2D eigenvalue weighted by molar-refractivity contribution is 6.30. The third-order valence-electron chi connectivity index (χ3n) is 3.23. The monoisotopic (exact) mass is 297 g/mol. The van der Waals surface area contributed by atoms with Crippen LogP contribution < -0.4 is 0 Å². The molecular weight excluding hydrogens is 286 g/mol. The maximum Gasteiger partial charge on any atom is 0.356 e. The van der Waals surface area contributed by atoms with Crippen LogP contribution in [0.4, 0.5) is 0 Å². The number of carbonyl (C=O) groups is 1. The van der Waals surface area contributed by atoms with Crippen molar-refractivity contribution >= 4 is 28.3 Å². The first-order valence-corrected chi connectivity index (χ1v) is 6.81.